The third-order valence-electron chi connectivity index (χ3n) is 2.24. The number of allylic oxidation sites excluding steroid dienone is 1. The minimum atomic E-state index is -4.25. The van der Waals surface area contributed by atoms with Crippen LogP contribution in [0.2, 0.25) is 0 Å². The lowest BCUT2D eigenvalue weighted by molar-refractivity contribution is -0.137. The molecule has 1 aromatic carbocycles. The molecular formula is C12H13F3. The Bertz CT molecular complexity index is 322. The van der Waals surface area contributed by atoms with Crippen LogP contribution in [0, 0.1) is 5.92 Å². The van der Waals surface area contributed by atoms with Crippen LogP contribution >= 0.6 is 0 Å². The number of alkyl halides is 3. The zero-order chi connectivity index (χ0) is 11.5. The average Bonchev–Trinajstić information content (AvgIpc) is 2.17. The molecule has 3 heteroatoms. The molecule has 0 aliphatic heterocycles. The molecule has 0 saturated heterocycles. The SMILES string of the molecule is C=CC(C)Cc1ccc(C(F)(F)F)cc1. The van der Waals surface area contributed by atoms with Crippen molar-refractivity contribution in [3.8, 4) is 0 Å². The monoisotopic (exact) mass is 214 g/mol. The van der Waals surface area contributed by atoms with Gasteiger partial charge in [0.05, 0.1) is 5.56 Å². The van der Waals surface area contributed by atoms with E-state index < -0.39 is 11.7 Å². The van der Waals surface area contributed by atoms with E-state index in [-0.39, 0.29) is 5.92 Å². The van der Waals surface area contributed by atoms with Gasteiger partial charge in [-0.05, 0) is 30.0 Å². The molecule has 0 amide bonds. The van der Waals surface area contributed by atoms with Gasteiger partial charge in [-0.15, -0.1) is 6.58 Å². The third-order valence-corrected chi connectivity index (χ3v) is 2.24. The van der Waals surface area contributed by atoms with E-state index in [9.17, 15) is 13.2 Å². The van der Waals surface area contributed by atoms with Gasteiger partial charge in [0.15, 0.2) is 0 Å². The fraction of sp³-hybridized carbons (Fsp3) is 0.333. The highest BCUT2D eigenvalue weighted by Crippen LogP contribution is 2.29. The Labute approximate surface area is 87.4 Å². The van der Waals surface area contributed by atoms with Crippen molar-refractivity contribution in [2.45, 2.75) is 19.5 Å². The summed E-state index contributed by atoms with van der Waals surface area (Å²) in [6.45, 7) is 5.61. The zero-order valence-corrected chi connectivity index (χ0v) is 8.51. The van der Waals surface area contributed by atoms with Gasteiger partial charge in [0, 0.05) is 0 Å². The van der Waals surface area contributed by atoms with E-state index in [0.717, 1.165) is 24.1 Å². The lowest BCUT2D eigenvalue weighted by Crippen LogP contribution is -2.05. The summed E-state index contributed by atoms with van der Waals surface area (Å²) in [5.74, 6) is 0.279. The first-order valence-electron chi connectivity index (χ1n) is 4.72. The second-order valence-electron chi connectivity index (χ2n) is 3.61. The maximum Gasteiger partial charge on any atom is 0.416 e. The van der Waals surface area contributed by atoms with Gasteiger partial charge in [0.1, 0.15) is 0 Å². The molecule has 0 heterocycles. The van der Waals surface area contributed by atoms with Crippen molar-refractivity contribution in [3.05, 3.63) is 48.0 Å². The maximum absolute atomic E-state index is 12.2. The molecule has 0 spiro atoms. The van der Waals surface area contributed by atoms with Gasteiger partial charge in [0.25, 0.3) is 0 Å². The fourth-order valence-electron chi connectivity index (χ4n) is 1.28. The summed E-state index contributed by atoms with van der Waals surface area (Å²) in [6.07, 6.45) is -1.73. The van der Waals surface area contributed by atoms with E-state index >= 15 is 0 Å². The van der Waals surface area contributed by atoms with E-state index in [0.29, 0.717) is 0 Å². The molecular weight excluding hydrogens is 201 g/mol. The van der Waals surface area contributed by atoms with Crippen LogP contribution in [0.3, 0.4) is 0 Å². The Morgan fingerprint density at radius 3 is 2.20 bits per heavy atom. The van der Waals surface area contributed by atoms with Gasteiger partial charge in [0.2, 0.25) is 0 Å². The third kappa shape index (κ3) is 3.42. The van der Waals surface area contributed by atoms with Crippen molar-refractivity contribution in [1.82, 2.24) is 0 Å². The average molecular weight is 214 g/mol. The first-order chi connectivity index (χ1) is 6.93. The lowest BCUT2D eigenvalue weighted by Gasteiger charge is -2.09. The van der Waals surface area contributed by atoms with Crippen molar-refractivity contribution < 1.29 is 13.2 Å². The van der Waals surface area contributed by atoms with Crippen LogP contribution in [-0.2, 0) is 12.6 Å². The second-order valence-corrected chi connectivity index (χ2v) is 3.61. The Balaban J connectivity index is 2.77. The maximum atomic E-state index is 12.2. The molecule has 0 saturated carbocycles. The molecule has 0 bridgehead atoms. The summed E-state index contributed by atoms with van der Waals surface area (Å²) in [7, 11) is 0. The molecule has 1 rings (SSSR count). The largest absolute Gasteiger partial charge is 0.416 e. The van der Waals surface area contributed by atoms with Gasteiger partial charge in [-0.3, -0.25) is 0 Å². The molecule has 1 atom stereocenters. The van der Waals surface area contributed by atoms with Crippen LogP contribution in [0.25, 0.3) is 0 Å². The first kappa shape index (κ1) is 11.8. The van der Waals surface area contributed by atoms with Crippen LogP contribution in [0.1, 0.15) is 18.1 Å². The highest BCUT2D eigenvalue weighted by Gasteiger charge is 2.29. The van der Waals surface area contributed by atoms with Gasteiger partial charge < -0.3 is 0 Å². The highest BCUT2D eigenvalue weighted by atomic mass is 19.4. The molecule has 0 aromatic heterocycles. The van der Waals surface area contributed by atoms with E-state index in [4.69, 9.17) is 0 Å². The topological polar surface area (TPSA) is 0 Å². The van der Waals surface area contributed by atoms with Gasteiger partial charge in [-0.1, -0.05) is 25.1 Å². The second kappa shape index (κ2) is 4.51. The number of hydrogen-bond donors (Lipinski definition) is 0. The zero-order valence-electron chi connectivity index (χ0n) is 8.51. The summed E-state index contributed by atoms with van der Waals surface area (Å²) >= 11 is 0. The van der Waals surface area contributed by atoms with E-state index in [2.05, 4.69) is 6.58 Å². The Morgan fingerprint density at radius 1 is 1.27 bits per heavy atom. The van der Waals surface area contributed by atoms with Crippen LogP contribution in [0.15, 0.2) is 36.9 Å². The minimum Gasteiger partial charge on any atom is -0.166 e. The van der Waals surface area contributed by atoms with E-state index in [1.807, 2.05) is 6.92 Å². The molecule has 82 valence electrons. The molecule has 0 nitrogen and oxygen atoms in total. The van der Waals surface area contributed by atoms with Crippen LogP contribution < -0.4 is 0 Å². The summed E-state index contributed by atoms with van der Waals surface area (Å²) in [6, 6.07) is 5.27. The lowest BCUT2D eigenvalue weighted by atomic mass is 10.0. The summed E-state index contributed by atoms with van der Waals surface area (Å²) in [4.78, 5) is 0. The Morgan fingerprint density at radius 2 is 1.80 bits per heavy atom. The Kier molecular flexibility index (Phi) is 3.56. The van der Waals surface area contributed by atoms with Crippen molar-refractivity contribution in [2.24, 2.45) is 5.92 Å². The van der Waals surface area contributed by atoms with Crippen molar-refractivity contribution in [1.29, 1.82) is 0 Å². The fourth-order valence-corrected chi connectivity index (χ4v) is 1.28. The predicted molar refractivity (Wildman–Crippen MR) is 54.5 cm³/mol. The van der Waals surface area contributed by atoms with Crippen LogP contribution in [0.5, 0.6) is 0 Å². The molecule has 1 unspecified atom stereocenters. The van der Waals surface area contributed by atoms with E-state index in [1.54, 1.807) is 6.08 Å². The number of benzene rings is 1. The molecule has 0 radical (unpaired) electrons. The van der Waals surface area contributed by atoms with Gasteiger partial charge >= 0.3 is 6.18 Å². The van der Waals surface area contributed by atoms with Gasteiger partial charge in [-0.25, -0.2) is 0 Å². The predicted octanol–water partition coefficient (Wildman–Crippen LogP) is 4.07. The van der Waals surface area contributed by atoms with Crippen molar-refractivity contribution in [2.75, 3.05) is 0 Å². The number of rotatable bonds is 3. The molecule has 0 N–H and O–H groups in total. The molecule has 0 aliphatic rings. The summed E-state index contributed by atoms with van der Waals surface area (Å²) in [5.41, 5.74) is 0.299. The minimum absolute atomic E-state index is 0.279. The Hall–Kier alpha value is -1.25. The van der Waals surface area contributed by atoms with Gasteiger partial charge in [-0.2, -0.15) is 13.2 Å². The molecule has 0 aliphatic carbocycles. The smallest absolute Gasteiger partial charge is 0.166 e. The normalized spacial score (nSPS) is 13.6. The summed E-state index contributed by atoms with van der Waals surface area (Å²) in [5, 5.41) is 0. The first-order valence-corrected chi connectivity index (χ1v) is 4.72. The summed E-state index contributed by atoms with van der Waals surface area (Å²) < 4.78 is 36.7. The highest BCUT2D eigenvalue weighted by molar-refractivity contribution is 5.25. The molecule has 15 heavy (non-hydrogen) atoms. The van der Waals surface area contributed by atoms with Crippen molar-refractivity contribution >= 4 is 0 Å². The van der Waals surface area contributed by atoms with Crippen LogP contribution in [0.4, 0.5) is 13.2 Å². The number of hydrogen-bond acceptors (Lipinski definition) is 0. The standard InChI is InChI=1S/C12H13F3/c1-3-9(2)8-10-4-6-11(7-5-10)12(13,14)15/h3-7,9H,1,8H2,2H3. The quantitative estimate of drug-likeness (QED) is 0.665. The number of halogens is 3. The van der Waals surface area contributed by atoms with Crippen molar-refractivity contribution in [3.63, 3.8) is 0 Å². The molecule has 0 fully saturated rings. The molecule has 1 aromatic rings. The van der Waals surface area contributed by atoms with E-state index in [1.165, 1.54) is 12.1 Å². The van der Waals surface area contributed by atoms with Crippen LogP contribution in [-0.4, -0.2) is 0 Å².